The zero-order valence-corrected chi connectivity index (χ0v) is 15.8. The highest BCUT2D eigenvalue weighted by Gasteiger charge is 2.21. The van der Waals surface area contributed by atoms with Crippen LogP contribution in [0.15, 0.2) is 59.5 Å². The number of hydrogen-bond donors (Lipinski definition) is 2. The van der Waals surface area contributed by atoms with Crippen molar-refractivity contribution in [3.63, 3.8) is 0 Å². The molecule has 0 spiro atoms. The van der Waals surface area contributed by atoms with Crippen LogP contribution in [0, 0.1) is 16.0 Å². The summed E-state index contributed by atoms with van der Waals surface area (Å²) in [5.41, 5.74) is 0.785. The highest BCUT2D eigenvalue weighted by Crippen LogP contribution is 2.38. The lowest BCUT2D eigenvalue weighted by Gasteiger charge is -2.16. The first-order valence-corrected chi connectivity index (χ1v) is 10.3. The van der Waals surface area contributed by atoms with Crippen LogP contribution in [0.3, 0.4) is 0 Å². The van der Waals surface area contributed by atoms with Gasteiger partial charge in [0.15, 0.2) is 0 Å². The zero-order chi connectivity index (χ0) is 20.5. The molecule has 0 saturated heterocycles. The van der Waals surface area contributed by atoms with Gasteiger partial charge >= 0.3 is 5.97 Å². The van der Waals surface area contributed by atoms with Crippen molar-refractivity contribution in [2.24, 2.45) is 5.92 Å². The fourth-order valence-corrected chi connectivity index (χ4v) is 4.73. The van der Waals surface area contributed by atoms with E-state index >= 15 is 0 Å². The van der Waals surface area contributed by atoms with E-state index < -0.39 is 29.3 Å². The van der Waals surface area contributed by atoms with Crippen molar-refractivity contribution < 1.29 is 21.0 Å². The summed E-state index contributed by atoms with van der Waals surface area (Å²) in [4.78, 5) is 34.2. The van der Waals surface area contributed by atoms with Gasteiger partial charge in [0.2, 0.25) is 5.91 Å². The fourth-order valence-electron chi connectivity index (χ4n) is 2.23. The molecule has 2 rings (SSSR count). The molecule has 0 heterocycles. The second-order valence-corrected chi connectivity index (χ2v) is 7.90. The molecule has 0 aliphatic rings. The first-order chi connectivity index (χ1) is 13.4. The Morgan fingerprint density at radius 1 is 1.22 bits per heavy atom. The average molecular weight is 407 g/mol. The number of nitrogens with zero attached hydrogens (tertiary/aromatic N) is 1. The summed E-state index contributed by atoms with van der Waals surface area (Å²) < 4.78 is 7.69. The van der Waals surface area contributed by atoms with Gasteiger partial charge in [-0.3, -0.25) is 19.7 Å². The molecule has 0 radical (unpaired) electrons. The van der Waals surface area contributed by atoms with Gasteiger partial charge in [-0.2, -0.15) is 0 Å². The van der Waals surface area contributed by atoms with Crippen molar-refractivity contribution in [2.45, 2.75) is 11.3 Å². The van der Waals surface area contributed by atoms with Gasteiger partial charge in [-0.05, 0) is 18.1 Å². The monoisotopic (exact) mass is 407 g/mol. The summed E-state index contributed by atoms with van der Waals surface area (Å²) in [5, 5.41) is 22.2. The summed E-state index contributed by atoms with van der Waals surface area (Å²) >= 11 is 0. The first-order valence-electron chi connectivity index (χ1n) is 8.44. The maximum absolute atomic E-state index is 12.4. The van der Waals surface area contributed by atoms with Crippen molar-refractivity contribution in [2.75, 3.05) is 12.3 Å². The molecule has 0 aliphatic heterocycles. The third kappa shape index (κ3) is 6.95. The third-order valence-corrected chi connectivity index (χ3v) is 6.00. The van der Waals surface area contributed by atoms with Gasteiger partial charge < -0.3 is 10.4 Å². The van der Waals surface area contributed by atoms with Crippen LogP contribution in [-0.2, 0) is 16.0 Å². The highest BCUT2D eigenvalue weighted by molar-refractivity contribution is 8.76. The van der Waals surface area contributed by atoms with Crippen LogP contribution in [0.1, 0.15) is 6.93 Å². The lowest BCUT2D eigenvalue weighted by Crippen LogP contribution is -2.36. The van der Waals surface area contributed by atoms with E-state index in [1.165, 1.54) is 27.7 Å². The average Bonchev–Trinajstić information content (AvgIpc) is 2.65. The molecular formula is C18H18N2O5S2. The maximum Gasteiger partial charge on any atom is 0.322 e. The Balaban J connectivity index is 2.05. The Labute approximate surface area is 165 Å². The Morgan fingerprint density at radius 3 is 2.67 bits per heavy atom. The Morgan fingerprint density at radius 2 is 1.96 bits per heavy atom. The number of aliphatic carboxylic acids is 1. The van der Waals surface area contributed by atoms with Crippen LogP contribution in [0.25, 0.3) is 0 Å². The molecule has 2 aromatic rings. The highest BCUT2D eigenvalue weighted by atomic mass is 33.1. The van der Waals surface area contributed by atoms with Crippen LogP contribution in [-0.4, -0.2) is 34.2 Å². The van der Waals surface area contributed by atoms with Crippen LogP contribution >= 0.6 is 21.6 Å². The second kappa shape index (κ2) is 10.6. The number of carboxylic acid groups (broad SMARTS) is 1. The number of nitrogens with one attached hydrogen (secondary N) is 1. The number of carboxylic acids is 1. The lowest BCUT2D eigenvalue weighted by molar-refractivity contribution is -0.387. The fraction of sp³-hybridized carbons (Fsp3) is 0.222. The van der Waals surface area contributed by atoms with Crippen molar-refractivity contribution in [1.29, 1.82) is 0 Å². The molecule has 0 fully saturated rings. The van der Waals surface area contributed by atoms with E-state index in [1.54, 1.807) is 42.5 Å². The molecule has 2 N–H and O–H groups in total. The molecule has 142 valence electrons. The van der Waals surface area contributed by atoms with E-state index in [0.717, 1.165) is 5.56 Å². The standard InChI is InChI=1S/C18H18N2O5S2/c21-17(22)11-19-18(23)14(10-13-6-2-1-3-7-13)12-26-27-16-9-5-4-8-15(16)20(24)25/h1-9,14H,10-12H2,(H,19,23)(H,21,22)/i2D. The SMILES string of the molecule is [2H]c1cccc(CC(CSSc2ccccc2[N+](=O)[O-])C(=O)NCC(=O)O)c1. The summed E-state index contributed by atoms with van der Waals surface area (Å²) in [7, 11) is 2.49. The molecule has 7 nitrogen and oxygen atoms in total. The Hall–Kier alpha value is -2.52. The van der Waals surface area contributed by atoms with Gasteiger partial charge in [0, 0.05) is 11.8 Å². The number of para-hydroxylation sites is 1. The molecule has 2 aromatic carbocycles. The normalized spacial score (nSPS) is 12.1. The summed E-state index contributed by atoms with van der Waals surface area (Å²) in [6, 6.07) is 13.5. The van der Waals surface area contributed by atoms with Gasteiger partial charge in [0.05, 0.1) is 17.1 Å². The Kier molecular flexibility index (Phi) is 7.55. The predicted molar refractivity (Wildman–Crippen MR) is 106 cm³/mol. The molecule has 9 heteroatoms. The maximum atomic E-state index is 12.4. The smallest absolute Gasteiger partial charge is 0.322 e. The minimum atomic E-state index is -1.14. The number of rotatable bonds is 10. The minimum absolute atomic E-state index is 0.00575. The van der Waals surface area contributed by atoms with Crippen molar-refractivity contribution >= 4 is 39.2 Å². The summed E-state index contributed by atoms with van der Waals surface area (Å²) in [6.07, 6.45) is 0.336. The van der Waals surface area contributed by atoms with Crippen LogP contribution in [0.5, 0.6) is 0 Å². The van der Waals surface area contributed by atoms with Gasteiger partial charge in [-0.1, -0.05) is 64.0 Å². The number of nitro groups is 1. The topological polar surface area (TPSA) is 110 Å². The molecule has 0 saturated carbocycles. The number of amides is 1. The number of carbonyl (C=O) groups excluding carboxylic acids is 1. The molecule has 0 aromatic heterocycles. The van der Waals surface area contributed by atoms with E-state index in [4.69, 9.17) is 6.48 Å². The van der Waals surface area contributed by atoms with Crippen LogP contribution < -0.4 is 5.32 Å². The van der Waals surface area contributed by atoms with Gasteiger partial charge in [-0.25, -0.2) is 0 Å². The predicted octanol–water partition coefficient (Wildman–Crippen LogP) is 3.39. The number of benzene rings is 2. The number of nitro benzene ring substituents is 1. The van der Waals surface area contributed by atoms with Crippen LogP contribution in [0.2, 0.25) is 0 Å². The molecule has 27 heavy (non-hydrogen) atoms. The summed E-state index contributed by atoms with van der Waals surface area (Å²) in [6.45, 7) is -0.476. The molecule has 1 amide bonds. The van der Waals surface area contributed by atoms with Crippen molar-refractivity contribution in [1.82, 2.24) is 5.32 Å². The first kappa shape index (κ1) is 19.2. The molecule has 0 bridgehead atoms. The molecule has 0 aliphatic carbocycles. The van der Waals surface area contributed by atoms with Gasteiger partial charge in [0.25, 0.3) is 5.69 Å². The number of hydrogen-bond acceptors (Lipinski definition) is 6. The third-order valence-electron chi connectivity index (χ3n) is 3.52. The largest absolute Gasteiger partial charge is 0.480 e. The van der Waals surface area contributed by atoms with E-state index in [9.17, 15) is 19.7 Å². The van der Waals surface area contributed by atoms with E-state index in [1.807, 2.05) is 0 Å². The van der Waals surface area contributed by atoms with Crippen molar-refractivity contribution in [3.8, 4) is 0 Å². The quantitative estimate of drug-likeness (QED) is 0.353. The van der Waals surface area contributed by atoms with Gasteiger partial charge in [-0.15, -0.1) is 0 Å². The molecular weight excluding hydrogens is 388 g/mol. The van der Waals surface area contributed by atoms with E-state index in [2.05, 4.69) is 5.32 Å². The molecule has 1 atom stereocenters. The Bertz CT molecular complexity index is 865. The number of carbonyl (C=O) groups is 2. The van der Waals surface area contributed by atoms with E-state index in [-0.39, 0.29) is 5.69 Å². The minimum Gasteiger partial charge on any atom is -0.480 e. The van der Waals surface area contributed by atoms with Crippen LogP contribution in [0.4, 0.5) is 5.69 Å². The molecule has 1 unspecified atom stereocenters. The summed E-state index contributed by atoms with van der Waals surface area (Å²) in [5.74, 6) is -1.76. The van der Waals surface area contributed by atoms with Gasteiger partial charge in [0.1, 0.15) is 6.54 Å². The van der Waals surface area contributed by atoms with Crippen molar-refractivity contribution in [3.05, 3.63) is 70.3 Å². The lowest BCUT2D eigenvalue weighted by atomic mass is 10.0. The van der Waals surface area contributed by atoms with E-state index in [0.29, 0.717) is 23.1 Å². The second-order valence-electron chi connectivity index (χ2n) is 5.52. The zero-order valence-electron chi connectivity index (χ0n) is 15.2.